The molecule has 30 heavy (non-hydrogen) atoms. The first-order valence-electron chi connectivity index (χ1n) is 10.2. The molecule has 0 bridgehead atoms. The van der Waals surface area contributed by atoms with Gasteiger partial charge in [-0.1, -0.05) is 30.3 Å². The maximum Gasteiger partial charge on any atom is 0.218 e. The zero-order valence-corrected chi connectivity index (χ0v) is 17.1. The summed E-state index contributed by atoms with van der Waals surface area (Å²) in [7, 11) is 1.62. The number of aromatic nitrogens is 1. The summed E-state index contributed by atoms with van der Waals surface area (Å²) in [5.41, 5.74) is 10.1. The number of amides is 1. The zero-order chi connectivity index (χ0) is 21.1. The summed E-state index contributed by atoms with van der Waals surface area (Å²) in [5.74, 6) is 1.03. The van der Waals surface area contributed by atoms with E-state index in [2.05, 4.69) is 16.7 Å². The van der Waals surface area contributed by atoms with E-state index in [1.54, 1.807) is 7.11 Å². The Labute approximate surface area is 175 Å². The number of rotatable bonds is 7. The van der Waals surface area contributed by atoms with Gasteiger partial charge in [-0.15, -0.1) is 0 Å². The predicted molar refractivity (Wildman–Crippen MR) is 115 cm³/mol. The van der Waals surface area contributed by atoms with E-state index >= 15 is 0 Å². The molecule has 0 aliphatic heterocycles. The number of nitrogens with zero attached hydrogens (tertiary/aromatic N) is 2. The summed E-state index contributed by atoms with van der Waals surface area (Å²) in [5, 5.41) is 10.0. The first kappa shape index (κ1) is 19.8. The van der Waals surface area contributed by atoms with Crippen LogP contribution in [0.15, 0.2) is 42.5 Å². The largest absolute Gasteiger partial charge is 0.497 e. The third-order valence-corrected chi connectivity index (χ3v) is 5.79. The van der Waals surface area contributed by atoms with Gasteiger partial charge in [-0.25, -0.2) is 0 Å². The molecule has 1 atom stereocenters. The molecule has 0 fully saturated rings. The lowest BCUT2D eigenvalue weighted by Gasteiger charge is -2.24. The van der Waals surface area contributed by atoms with Crippen molar-refractivity contribution in [1.29, 1.82) is 5.26 Å². The van der Waals surface area contributed by atoms with Crippen LogP contribution in [0.1, 0.15) is 42.0 Å². The highest BCUT2D eigenvalue weighted by atomic mass is 16.5. The lowest BCUT2D eigenvalue weighted by molar-refractivity contribution is -0.118. The van der Waals surface area contributed by atoms with Gasteiger partial charge in [-0.2, -0.15) is 5.26 Å². The predicted octanol–water partition coefficient (Wildman–Crippen LogP) is 3.90. The number of fused-ring (bicyclic) bond motifs is 3. The van der Waals surface area contributed by atoms with Gasteiger partial charge in [0.2, 0.25) is 5.91 Å². The van der Waals surface area contributed by atoms with E-state index in [1.165, 1.54) is 11.3 Å². The first-order chi connectivity index (χ1) is 14.6. The van der Waals surface area contributed by atoms with Gasteiger partial charge in [0.05, 0.1) is 12.6 Å². The van der Waals surface area contributed by atoms with E-state index in [-0.39, 0.29) is 18.4 Å². The second-order valence-corrected chi connectivity index (χ2v) is 7.66. The third-order valence-electron chi connectivity index (χ3n) is 5.79. The van der Waals surface area contributed by atoms with Crippen LogP contribution < -0.4 is 15.2 Å². The molecule has 1 amide bonds. The van der Waals surface area contributed by atoms with Crippen LogP contribution in [0.4, 0.5) is 0 Å². The molecule has 1 aliphatic rings. The highest BCUT2D eigenvalue weighted by Crippen LogP contribution is 2.46. The Kier molecular flexibility index (Phi) is 5.62. The number of nitrogens with two attached hydrogens (primary N) is 1. The fourth-order valence-electron chi connectivity index (χ4n) is 4.60. The Hall–Kier alpha value is -3.46. The van der Waals surface area contributed by atoms with Gasteiger partial charge < -0.3 is 19.8 Å². The lowest BCUT2D eigenvalue weighted by Crippen LogP contribution is -2.19. The molecule has 0 saturated carbocycles. The monoisotopic (exact) mass is 403 g/mol. The van der Waals surface area contributed by atoms with Gasteiger partial charge in [0.1, 0.15) is 17.6 Å². The molecule has 1 heterocycles. The van der Waals surface area contributed by atoms with Gasteiger partial charge in [0, 0.05) is 36.2 Å². The minimum absolute atomic E-state index is 0.0450. The van der Waals surface area contributed by atoms with E-state index in [1.807, 2.05) is 36.4 Å². The number of carbonyl (C=O) groups excluding carboxylic acids is 1. The molecule has 1 aromatic heterocycles. The molecule has 2 N–H and O–H groups in total. The maximum atomic E-state index is 11.8. The molecule has 4 rings (SSSR count). The molecule has 0 spiro atoms. The highest BCUT2D eigenvalue weighted by Gasteiger charge is 2.31. The molecule has 1 unspecified atom stereocenters. The van der Waals surface area contributed by atoms with Crippen LogP contribution in [0, 0.1) is 11.3 Å². The molecular formula is C24H25N3O3. The normalized spacial score (nSPS) is 15.4. The Bertz CT molecular complexity index is 1110. The summed E-state index contributed by atoms with van der Waals surface area (Å²) >= 11 is 0. The van der Waals surface area contributed by atoms with Crippen molar-refractivity contribution in [2.45, 2.75) is 38.1 Å². The maximum absolute atomic E-state index is 11.8. The van der Waals surface area contributed by atoms with Crippen LogP contribution in [0.5, 0.6) is 11.5 Å². The van der Waals surface area contributed by atoms with Crippen molar-refractivity contribution in [3.8, 4) is 17.6 Å². The summed E-state index contributed by atoms with van der Waals surface area (Å²) < 4.78 is 13.6. The Balaban J connectivity index is 1.97. The molecule has 154 valence electrons. The Morgan fingerprint density at radius 3 is 2.80 bits per heavy atom. The number of nitriles is 1. The standard InChI is InChI=1S/C24H25N3O3/c1-29-18-13-20-24(21(14-18)30-11-10-25)23-17(12-22(26)28)8-5-9-19(23)27(20)15-16-6-3-2-4-7-16/h2-4,6-7,13-14,17H,5,8-9,11-12,15H2,1H3,(H2,26,28). The summed E-state index contributed by atoms with van der Waals surface area (Å²) in [6.07, 6.45) is 3.14. The lowest BCUT2D eigenvalue weighted by atomic mass is 9.82. The van der Waals surface area contributed by atoms with Crippen molar-refractivity contribution in [2.24, 2.45) is 5.73 Å². The molecule has 3 aromatic rings. The van der Waals surface area contributed by atoms with Crippen LogP contribution in [0.2, 0.25) is 0 Å². The van der Waals surface area contributed by atoms with E-state index in [4.69, 9.17) is 20.5 Å². The number of ether oxygens (including phenoxy) is 2. The SMILES string of the molecule is COc1cc(OCC#N)c2c3c(n(Cc4ccccc4)c2c1)CCCC3CC(N)=O. The number of hydrogen-bond acceptors (Lipinski definition) is 4. The molecule has 6 nitrogen and oxygen atoms in total. The van der Waals surface area contributed by atoms with Gasteiger partial charge in [-0.3, -0.25) is 4.79 Å². The smallest absolute Gasteiger partial charge is 0.218 e. The van der Waals surface area contributed by atoms with Crippen molar-refractivity contribution in [2.75, 3.05) is 13.7 Å². The third kappa shape index (κ3) is 3.71. The van der Waals surface area contributed by atoms with E-state index in [0.29, 0.717) is 24.5 Å². The minimum Gasteiger partial charge on any atom is -0.497 e. The first-order valence-corrected chi connectivity index (χ1v) is 10.2. The van der Waals surface area contributed by atoms with Gasteiger partial charge in [0.15, 0.2) is 6.61 Å². The van der Waals surface area contributed by atoms with E-state index in [9.17, 15) is 4.79 Å². The van der Waals surface area contributed by atoms with Crippen LogP contribution in [0.25, 0.3) is 10.9 Å². The van der Waals surface area contributed by atoms with Crippen molar-refractivity contribution in [3.63, 3.8) is 0 Å². The second-order valence-electron chi connectivity index (χ2n) is 7.66. The van der Waals surface area contributed by atoms with E-state index in [0.717, 1.165) is 35.7 Å². The highest BCUT2D eigenvalue weighted by molar-refractivity contribution is 5.94. The number of benzene rings is 2. The number of hydrogen-bond donors (Lipinski definition) is 1. The average Bonchev–Trinajstić information content (AvgIpc) is 3.07. The van der Waals surface area contributed by atoms with Crippen LogP contribution in [-0.2, 0) is 17.8 Å². The van der Waals surface area contributed by atoms with Crippen LogP contribution in [0.3, 0.4) is 0 Å². The second kappa shape index (κ2) is 8.50. The molecule has 0 saturated heterocycles. The quantitative estimate of drug-likeness (QED) is 0.648. The van der Waals surface area contributed by atoms with Crippen molar-refractivity contribution >= 4 is 16.8 Å². The van der Waals surface area contributed by atoms with Gasteiger partial charge in [-0.05, 0) is 36.3 Å². The van der Waals surface area contributed by atoms with Crippen molar-refractivity contribution in [1.82, 2.24) is 4.57 Å². The summed E-state index contributed by atoms with van der Waals surface area (Å²) in [6, 6.07) is 16.2. The number of primary amides is 1. The molecule has 2 aromatic carbocycles. The van der Waals surface area contributed by atoms with E-state index < -0.39 is 0 Å². The Morgan fingerprint density at radius 1 is 1.30 bits per heavy atom. The molecule has 6 heteroatoms. The fraction of sp³-hybridized carbons (Fsp3) is 0.333. The van der Waals surface area contributed by atoms with Crippen molar-refractivity contribution in [3.05, 3.63) is 59.3 Å². The van der Waals surface area contributed by atoms with Gasteiger partial charge >= 0.3 is 0 Å². The number of methoxy groups -OCH3 is 1. The molecular weight excluding hydrogens is 378 g/mol. The van der Waals surface area contributed by atoms with Crippen LogP contribution >= 0.6 is 0 Å². The Morgan fingerprint density at radius 2 is 2.10 bits per heavy atom. The fourth-order valence-corrected chi connectivity index (χ4v) is 4.60. The van der Waals surface area contributed by atoms with Crippen LogP contribution in [-0.4, -0.2) is 24.2 Å². The summed E-state index contributed by atoms with van der Waals surface area (Å²) in [4.78, 5) is 11.8. The zero-order valence-electron chi connectivity index (χ0n) is 17.1. The molecule has 1 aliphatic carbocycles. The number of carbonyl (C=O) groups is 1. The topological polar surface area (TPSA) is 90.3 Å². The minimum atomic E-state index is -0.301. The van der Waals surface area contributed by atoms with Gasteiger partial charge in [0.25, 0.3) is 0 Å². The molecule has 0 radical (unpaired) electrons. The average molecular weight is 403 g/mol. The summed E-state index contributed by atoms with van der Waals surface area (Å²) in [6.45, 7) is 0.655. The van der Waals surface area contributed by atoms with Crippen molar-refractivity contribution < 1.29 is 14.3 Å².